The van der Waals surface area contributed by atoms with Crippen LogP contribution in [0.4, 0.5) is 4.39 Å². The van der Waals surface area contributed by atoms with Gasteiger partial charge >= 0.3 is 0 Å². The molecule has 0 fully saturated rings. The summed E-state index contributed by atoms with van der Waals surface area (Å²) in [5, 5.41) is 3.57. The molecule has 0 radical (unpaired) electrons. The standard InChI is InChI=1S/C10H7FN2O2/c11-8-3-1-2-7(6-8)10-12-9(4-5-14)13-15-10/h1-3,5-6H,4H2. The van der Waals surface area contributed by atoms with Gasteiger partial charge in [0.05, 0.1) is 6.42 Å². The van der Waals surface area contributed by atoms with Crippen molar-refractivity contribution in [1.82, 2.24) is 10.1 Å². The average molecular weight is 206 g/mol. The molecule has 0 N–H and O–H groups in total. The molecule has 76 valence electrons. The zero-order chi connectivity index (χ0) is 10.7. The SMILES string of the molecule is O=CCc1noc(-c2cccc(F)c2)n1. The van der Waals surface area contributed by atoms with E-state index in [0.29, 0.717) is 17.7 Å². The summed E-state index contributed by atoms with van der Waals surface area (Å²) >= 11 is 0. The molecule has 0 unspecified atom stereocenters. The second-order valence-corrected chi connectivity index (χ2v) is 2.90. The first kappa shape index (κ1) is 9.51. The highest BCUT2D eigenvalue weighted by molar-refractivity contribution is 5.55. The number of aromatic nitrogens is 2. The predicted octanol–water partition coefficient (Wildman–Crippen LogP) is 1.62. The third-order valence-electron chi connectivity index (χ3n) is 1.81. The second-order valence-electron chi connectivity index (χ2n) is 2.90. The smallest absolute Gasteiger partial charge is 0.258 e. The van der Waals surface area contributed by atoms with Crippen LogP contribution < -0.4 is 0 Å². The Morgan fingerprint density at radius 3 is 3.07 bits per heavy atom. The number of hydrogen-bond acceptors (Lipinski definition) is 4. The van der Waals surface area contributed by atoms with Crippen LogP contribution in [0.5, 0.6) is 0 Å². The maximum atomic E-state index is 12.9. The molecule has 0 atom stereocenters. The van der Waals surface area contributed by atoms with Crippen molar-refractivity contribution in [2.45, 2.75) is 6.42 Å². The highest BCUT2D eigenvalue weighted by Crippen LogP contribution is 2.17. The van der Waals surface area contributed by atoms with Gasteiger partial charge in [0.25, 0.3) is 5.89 Å². The minimum atomic E-state index is -0.373. The average Bonchev–Trinajstić information content (AvgIpc) is 2.67. The third-order valence-corrected chi connectivity index (χ3v) is 1.81. The number of carbonyl (C=O) groups is 1. The highest BCUT2D eigenvalue weighted by Gasteiger charge is 2.08. The van der Waals surface area contributed by atoms with E-state index in [1.807, 2.05) is 0 Å². The molecule has 0 saturated heterocycles. The first-order valence-electron chi connectivity index (χ1n) is 4.32. The molecule has 0 aliphatic heterocycles. The summed E-state index contributed by atoms with van der Waals surface area (Å²) in [6.45, 7) is 0. The van der Waals surface area contributed by atoms with Gasteiger partial charge in [0.1, 0.15) is 12.1 Å². The molecular formula is C10H7FN2O2. The van der Waals surface area contributed by atoms with Crippen LogP contribution in [0.15, 0.2) is 28.8 Å². The minimum absolute atomic E-state index is 0.0960. The van der Waals surface area contributed by atoms with Crippen molar-refractivity contribution >= 4 is 6.29 Å². The van der Waals surface area contributed by atoms with E-state index < -0.39 is 0 Å². The van der Waals surface area contributed by atoms with Crippen molar-refractivity contribution in [3.8, 4) is 11.5 Å². The summed E-state index contributed by atoms with van der Waals surface area (Å²) in [7, 11) is 0. The fourth-order valence-corrected chi connectivity index (χ4v) is 1.15. The maximum Gasteiger partial charge on any atom is 0.258 e. The molecule has 2 rings (SSSR count). The molecular weight excluding hydrogens is 199 g/mol. The summed E-state index contributed by atoms with van der Waals surface area (Å²) < 4.78 is 17.7. The van der Waals surface area contributed by atoms with Crippen LogP contribution >= 0.6 is 0 Å². The molecule has 0 amide bonds. The third kappa shape index (κ3) is 2.07. The first-order chi connectivity index (χ1) is 7.29. The van der Waals surface area contributed by atoms with Crippen molar-refractivity contribution in [3.05, 3.63) is 35.9 Å². The van der Waals surface area contributed by atoms with E-state index in [0.717, 1.165) is 0 Å². The minimum Gasteiger partial charge on any atom is -0.334 e. The number of carbonyl (C=O) groups excluding carboxylic acids is 1. The molecule has 0 aliphatic rings. The van der Waals surface area contributed by atoms with Crippen molar-refractivity contribution in [2.24, 2.45) is 0 Å². The lowest BCUT2D eigenvalue weighted by atomic mass is 10.2. The first-order valence-corrected chi connectivity index (χ1v) is 4.32. The lowest BCUT2D eigenvalue weighted by Gasteiger charge is -1.92. The molecule has 5 heteroatoms. The van der Waals surface area contributed by atoms with Crippen molar-refractivity contribution in [3.63, 3.8) is 0 Å². The molecule has 1 heterocycles. The van der Waals surface area contributed by atoms with Crippen LogP contribution in [-0.2, 0) is 11.2 Å². The van der Waals surface area contributed by atoms with Gasteiger partial charge in [-0.3, -0.25) is 0 Å². The molecule has 0 spiro atoms. The Bertz CT molecular complexity index is 482. The summed E-state index contributed by atoms with van der Waals surface area (Å²) in [5.74, 6) is 0.137. The lowest BCUT2D eigenvalue weighted by Crippen LogP contribution is -1.88. The van der Waals surface area contributed by atoms with Crippen molar-refractivity contribution < 1.29 is 13.7 Å². The van der Waals surface area contributed by atoms with Gasteiger partial charge in [-0.15, -0.1) is 0 Å². The fraction of sp³-hybridized carbons (Fsp3) is 0.100. The number of benzene rings is 1. The Morgan fingerprint density at radius 1 is 1.47 bits per heavy atom. The number of aldehydes is 1. The fourth-order valence-electron chi connectivity index (χ4n) is 1.15. The van der Waals surface area contributed by atoms with Crippen LogP contribution in [0.2, 0.25) is 0 Å². The number of hydrogen-bond donors (Lipinski definition) is 0. The zero-order valence-corrected chi connectivity index (χ0v) is 7.68. The summed E-state index contributed by atoms with van der Waals surface area (Å²) in [5.41, 5.74) is 0.500. The van der Waals surface area contributed by atoms with Crippen molar-refractivity contribution in [2.75, 3.05) is 0 Å². The number of rotatable bonds is 3. The largest absolute Gasteiger partial charge is 0.334 e. The Hall–Kier alpha value is -2.04. The van der Waals surface area contributed by atoms with Gasteiger partial charge < -0.3 is 9.32 Å². The molecule has 4 nitrogen and oxygen atoms in total. The van der Waals surface area contributed by atoms with Gasteiger partial charge in [0.2, 0.25) is 0 Å². The van der Waals surface area contributed by atoms with E-state index in [-0.39, 0.29) is 18.1 Å². The Labute approximate surface area is 84.7 Å². The Balaban J connectivity index is 2.32. The van der Waals surface area contributed by atoms with E-state index in [9.17, 15) is 9.18 Å². The van der Waals surface area contributed by atoms with Crippen LogP contribution in [0, 0.1) is 5.82 Å². The number of nitrogens with zero attached hydrogens (tertiary/aromatic N) is 2. The quantitative estimate of drug-likeness (QED) is 0.716. The topological polar surface area (TPSA) is 56.0 Å². The molecule has 1 aromatic heterocycles. The van der Waals surface area contributed by atoms with E-state index in [4.69, 9.17) is 4.52 Å². The monoisotopic (exact) mass is 206 g/mol. The number of halogens is 1. The van der Waals surface area contributed by atoms with Gasteiger partial charge in [0, 0.05) is 5.56 Å². The molecule has 2 aromatic rings. The van der Waals surface area contributed by atoms with Gasteiger partial charge in [-0.2, -0.15) is 4.98 Å². The van der Waals surface area contributed by atoms with Crippen molar-refractivity contribution in [1.29, 1.82) is 0 Å². The van der Waals surface area contributed by atoms with E-state index in [1.165, 1.54) is 12.1 Å². The van der Waals surface area contributed by atoms with Gasteiger partial charge in [-0.25, -0.2) is 4.39 Å². The molecule has 0 saturated carbocycles. The van der Waals surface area contributed by atoms with Crippen LogP contribution in [0.1, 0.15) is 5.82 Å². The summed E-state index contributed by atoms with van der Waals surface area (Å²) in [6, 6.07) is 5.82. The van der Waals surface area contributed by atoms with Gasteiger partial charge in [0.15, 0.2) is 5.82 Å². The summed E-state index contributed by atoms with van der Waals surface area (Å²) in [6.07, 6.45) is 0.777. The zero-order valence-electron chi connectivity index (χ0n) is 7.68. The van der Waals surface area contributed by atoms with Crippen LogP contribution in [-0.4, -0.2) is 16.4 Å². The van der Waals surface area contributed by atoms with Crippen LogP contribution in [0.3, 0.4) is 0 Å². The van der Waals surface area contributed by atoms with Crippen LogP contribution in [0.25, 0.3) is 11.5 Å². The highest BCUT2D eigenvalue weighted by atomic mass is 19.1. The maximum absolute atomic E-state index is 12.9. The summed E-state index contributed by atoms with van der Waals surface area (Å²) in [4.78, 5) is 14.1. The Kier molecular flexibility index (Phi) is 2.53. The van der Waals surface area contributed by atoms with E-state index >= 15 is 0 Å². The molecule has 0 bridgehead atoms. The predicted molar refractivity (Wildman–Crippen MR) is 49.5 cm³/mol. The molecule has 1 aromatic carbocycles. The van der Waals surface area contributed by atoms with Gasteiger partial charge in [-0.1, -0.05) is 11.2 Å². The Morgan fingerprint density at radius 2 is 2.33 bits per heavy atom. The van der Waals surface area contributed by atoms with Gasteiger partial charge in [-0.05, 0) is 18.2 Å². The molecule has 0 aliphatic carbocycles. The van der Waals surface area contributed by atoms with E-state index in [2.05, 4.69) is 10.1 Å². The second kappa shape index (κ2) is 4.00. The normalized spacial score (nSPS) is 10.2. The van der Waals surface area contributed by atoms with E-state index in [1.54, 1.807) is 12.1 Å². The molecule has 15 heavy (non-hydrogen) atoms. The lowest BCUT2D eigenvalue weighted by molar-refractivity contribution is -0.107.